The number of aromatic nitrogens is 4. The maximum Gasteiger partial charge on any atom is 0.321 e. The van der Waals surface area contributed by atoms with E-state index in [1.54, 1.807) is 35.4 Å². The quantitative estimate of drug-likeness (QED) is 0.891. The van der Waals surface area contributed by atoms with E-state index in [-0.39, 0.29) is 11.6 Å². The van der Waals surface area contributed by atoms with Crippen LogP contribution >= 0.6 is 0 Å². The summed E-state index contributed by atoms with van der Waals surface area (Å²) in [6.45, 7) is 7.19. The molecule has 0 atom stereocenters. The van der Waals surface area contributed by atoms with Crippen LogP contribution < -0.4 is 10.6 Å². The van der Waals surface area contributed by atoms with Crippen molar-refractivity contribution >= 4 is 11.8 Å². The highest BCUT2D eigenvalue weighted by Gasteiger charge is 2.38. The number of hydrogen-bond donors (Lipinski definition) is 2. The Morgan fingerprint density at radius 2 is 1.88 bits per heavy atom. The van der Waals surface area contributed by atoms with Gasteiger partial charge in [0.1, 0.15) is 11.4 Å². The molecule has 8 nitrogen and oxygen atoms in total. The van der Waals surface area contributed by atoms with Gasteiger partial charge in [-0.1, -0.05) is 0 Å². The van der Waals surface area contributed by atoms with Gasteiger partial charge in [-0.15, -0.1) is 0 Å². The summed E-state index contributed by atoms with van der Waals surface area (Å²) in [6.07, 6.45) is 6.30. The van der Waals surface area contributed by atoms with Gasteiger partial charge in [-0.25, -0.2) is 19.4 Å². The van der Waals surface area contributed by atoms with Gasteiger partial charge in [-0.3, -0.25) is 5.32 Å². The molecule has 0 aromatic carbocycles. The van der Waals surface area contributed by atoms with Crippen LogP contribution in [-0.4, -0.2) is 39.0 Å². The highest BCUT2D eigenvalue weighted by molar-refractivity contribution is 5.89. The molecule has 3 rings (SSSR count). The summed E-state index contributed by atoms with van der Waals surface area (Å²) >= 11 is 0. The summed E-state index contributed by atoms with van der Waals surface area (Å²) < 4.78 is 7.24. The van der Waals surface area contributed by atoms with Gasteiger partial charge in [-0.2, -0.15) is 5.10 Å². The molecule has 1 saturated heterocycles. The molecule has 0 unspecified atom stereocenters. The summed E-state index contributed by atoms with van der Waals surface area (Å²) in [7, 11) is 0. The van der Waals surface area contributed by atoms with Gasteiger partial charge in [0.2, 0.25) is 0 Å². The smallest absolute Gasteiger partial charge is 0.321 e. The molecule has 0 spiro atoms. The van der Waals surface area contributed by atoms with Crippen LogP contribution in [0, 0.1) is 0 Å². The number of anilines is 1. The first-order valence-corrected chi connectivity index (χ1v) is 8.40. The van der Waals surface area contributed by atoms with Crippen molar-refractivity contribution in [3.63, 3.8) is 0 Å². The maximum absolute atomic E-state index is 12.7. The molecule has 0 saturated carbocycles. The van der Waals surface area contributed by atoms with Crippen molar-refractivity contribution in [1.82, 2.24) is 25.1 Å². The second kappa shape index (κ2) is 6.79. The second-order valence-electron chi connectivity index (χ2n) is 7.15. The van der Waals surface area contributed by atoms with E-state index < -0.39 is 5.54 Å². The van der Waals surface area contributed by atoms with E-state index in [1.165, 1.54) is 0 Å². The number of urea groups is 1. The monoisotopic (exact) mass is 344 g/mol. The van der Waals surface area contributed by atoms with Gasteiger partial charge in [0.25, 0.3) is 0 Å². The first-order chi connectivity index (χ1) is 11.9. The molecule has 0 radical (unpaired) electrons. The Labute approximate surface area is 147 Å². The summed E-state index contributed by atoms with van der Waals surface area (Å²) in [5, 5.41) is 10.3. The van der Waals surface area contributed by atoms with Crippen molar-refractivity contribution in [3.8, 4) is 0 Å². The van der Waals surface area contributed by atoms with Gasteiger partial charge in [-0.05, 0) is 26.8 Å². The molecule has 3 heterocycles. The standard InChI is InChI=1S/C17H24N6O2/c1-16(2,3)23-13(5-10-20-23)21-15(24)22-17(6-11-25-12-7-17)14-18-8-4-9-19-14/h4-5,8-10H,6-7,11-12H2,1-3H3,(H2,21,22,24). The lowest BCUT2D eigenvalue weighted by Crippen LogP contribution is -2.52. The molecular weight excluding hydrogens is 320 g/mol. The average Bonchev–Trinajstić information content (AvgIpc) is 3.05. The predicted octanol–water partition coefficient (Wildman–Crippen LogP) is 2.26. The van der Waals surface area contributed by atoms with Gasteiger partial charge >= 0.3 is 6.03 Å². The minimum absolute atomic E-state index is 0.231. The van der Waals surface area contributed by atoms with Gasteiger partial charge in [0.05, 0.1) is 11.7 Å². The fourth-order valence-corrected chi connectivity index (χ4v) is 2.97. The van der Waals surface area contributed by atoms with Crippen molar-refractivity contribution in [2.75, 3.05) is 18.5 Å². The Hall–Kier alpha value is -2.48. The summed E-state index contributed by atoms with van der Waals surface area (Å²) in [5.41, 5.74) is -0.860. The van der Waals surface area contributed by atoms with E-state index in [1.807, 2.05) is 20.8 Å². The Bertz CT molecular complexity index is 716. The minimum Gasteiger partial charge on any atom is -0.381 e. The van der Waals surface area contributed by atoms with E-state index in [0.29, 0.717) is 37.7 Å². The lowest BCUT2D eigenvalue weighted by atomic mass is 9.89. The Balaban J connectivity index is 1.79. The molecule has 1 aliphatic heterocycles. The van der Waals surface area contributed by atoms with E-state index in [9.17, 15) is 4.79 Å². The fraction of sp³-hybridized carbons (Fsp3) is 0.529. The third kappa shape index (κ3) is 3.79. The van der Waals surface area contributed by atoms with Gasteiger partial charge in [0, 0.05) is 44.5 Å². The SMILES string of the molecule is CC(C)(C)n1nccc1NC(=O)NC1(c2ncccn2)CCOCC1. The molecule has 2 aromatic heterocycles. The maximum atomic E-state index is 12.7. The first-order valence-electron chi connectivity index (χ1n) is 8.40. The molecule has 1 fully saturated rings. The van der Waals surface area contributed by atoms with Crippen molar-refractivity contribution in [1.29, 1.82) is 0 Å². The van der Waals surface area contributed by atoms with Crippen molar-refractivity contribution in [2.24, 2.45) is 0 Å². The van der Waals surface area contributed by atoms with Crippen LogP contribution in [0.5, 0.6) is 0 Å². The number of ether oxygens (including phenoxy) is 1. The largest absolute Gasteiger partial charge is 0.381 e. The fourth-order valence-electron chi connectivity index (χ4n) is 2.97. The number of rotatable bonds is 3. The summed E-state index contributed by atoms with van der Waals surface area (Å²) in [4.78, 5) is 21.4. The number of nitrogens with one attached hydrogen (secondary N) is 2. The molecule has 2 amide bonds. The number of carbonyl (C=O) groups is 1. The lowest BCUT2D eigenvalue weighted by molar-refractivity contribution is 0.0383. The van der Waals surface area contributed by atoms with Crippen LogP contribution in [0.4, 0.5) is 10.6 Å². The first kappa shape index (κ1) is 17.3. The molecule has 134 valence electrons. The van der Waals surface area contributed by atoms with Crippen LogP contribution in [0.15, 0.2) is 30.7 Å². The number of amides is 2. The van der Waals surface area contributed by atoms with Crippen LogP contribution in [0.25, 0.3) is 0 Å². The zero-order valence-corrected chi connectivity index (χ0v) is 14.8. The Kier molecular flexibility index (Phi) is 4.71. The molecule has 2 N–H and O–H groups in total. The molecular formula is C17H24N6O2. The molecule has 0 bridgehead atoms. The van der Waals surface area contributed by atoms with Crippen molar-refractivity contribution in [2.45, 2.75) is 44.7 Å². The second-order valence-corrected chi connectivity index (χ2v) is 7.15. The van der Waals surface area contributed by atoms with Crippen molar-refractivity contribution in [3.05, 3.63) is 36.5 Å². The molecule has 25 heavy (non-hydrogen) atoms. The number of nitrogens with zero attached hydrogens (tertiary/aromatic N) is 4. The third-order valence-electron chi connectivity index (χ3n) is 4.21. The minimum atomic E-state index is -0.629. The van der Waals surface area contributed by atoms with Crippen LogP contribution in [-0.2, 0) is 15.8 Å². The van der Waals surface area contributed by atoms with Crippen LogP contribution in [0.2, 0.25) is 0 Å². The van der Waals surface area contributed by atoms with E-state index in [2.05, 4.69) is 25.7 Å². The van der Waals surface area contributed by atoms with Crippen LogP contribution in [0.1, 0.15) is 39.4 Å². The highest BCUT2D eigenvalue weighted by atomic mass is 16.5. The number of hydrogen-bond acceptors (Lipinski definition) is 5. The normalized spacial score (nSPS) is 17.1. The van der Waals surface area contributed by atoms with Gasteiger partial charge < -0.3 is 10.1 Å². The zero-order valence-electron chi connectivity index (χ0n) is 14.8. The molecule has 1 aliphatic rings. The zero-order chi connectivity index (χ0) is 17.9. The Morgan fingerprint density at radius 1 is 1.20 bits per heavy atom. The lowest BCUT2D eigenvalue weighted by Gasteiger charge is -2.36. The molecule has 8 heteroatoms. The molecule has 2 aromatic rings. The van der Waals surface area contributed by atoms with Crippen molar-refractivity contribution < 1.29 is 9.53 Å². The average molecular weight is 344 g/mol. The number of carbonyl (C=O) groups excluding carboxylic acids is 1. The third-order valence-corrected chi connectivity index (χ3v) is 4.21. The van der Waals surface area contributed by atoms with Crippen LogP contribution in [0.3, 0.4) is 0 Å². The van der Waals surface area contributed by atoms with E-state index in [0.717, 1.165) is 0 Å². The highest BCUT2D eigenvalue weighted by Crippen LogP contribution is 2.29. The summed E-state index contributed by atoms with van der Waals surface area (Å²) in [5.74, 6) is 1.25. The Morgan fingerprint density at radius 3 is 2.52 bits per heavy atom. The topological polar surface area (TPSA) is 94.0 Å². The van der Waals surface area contributed by atoms with Gasteiger partial charge in [0.15, 0.2) is 5.82 Å². The molecule has 0 aliphatic carbocycles. The summed E-state index contributed by atoms with van der Waals surface area (Å²) in [6, 6.07) is 3.24. The van der Waals surface area contributed by atoms with E-state index in [4.69, 9.17) is 4.74 Å². The predicted molar refractivity (Wildman–Crippen MR) is 93.1 cm³/mol. The van der Waals surface area contributed by atoms with E-state index >= 15 is 0 Å².